The lowest BCUT2D eigenvalue weighted by atomic mass is 10.0. The fraction of sp³-hybridized carbons (Fsp3) is 0.333. The zero-order valence-corrected chi connectivity index (χ0v) is 17.8. The second-order valence-electron chi connectivity index (χ2n) is 7.63. The summed E-state index contributed by atoms with van der Waals surface area (Å²) in [6.07, 6.45) is 16.3. The summed E-state index contributed by atoms with van der Waals surface area (Å²) in [6.45, 7) is 13.1. The molecule has 1 aromatic rings. The molecule has 5 heteroatoms. The molecule has 0 saturated heterocycles. The van der Waals surface area contributed by atoms with Crippen molar-refractivity contribution in [3.05, 3.63) is 83.9 Å². The minimum atomic E-state index is 0.706. The van der Waals surface area contributed by atoms with E-state index in [9.17, 15) is 0 Å². The Morgan fingerprint density at radius 1 is 1.34 bits per heavy atom. The molecule has 2 aliphatic rings. The molecule has 0 aromatic carbocycles. The number of anilines is 1. The molecule has 0 fully saturated rings. The van der Waals surface area contributed by atoms with E-state index in [1.807, 2.05) is 7.05 Å². The largest absolute Gasteiger partial charge is 0.380 e. The summed E-state index contributed by atoms with van der Waals surface area (Å²) in [6, 6.07) is 0. The number of hydrogen-bond acceptors (Lipinski definition) is 5. The van der Waals surface area contributed by atoms with E-state index in [2.05, 4.69) is 83.1 Å². The third-order valence-corrected chi connectivity index (χ3v) is 5.21. The van der Waals surface area contributed by atoms with Crippen molar-refractivity contribution in [2.24, 2.45) is 0 Å². The molecule has 0 atom stereocenters. The van der Waals surface area contributed by atoms with E-state index in [0.29, 0.717) is 6.54 Å². The van der Waals surface area contributed by atoms with Crippen LogP contribution in [0.25, 0.3) is 5.70 Å². The molecule has 0 saturated carbocycles. The monoisotopic (exact) mass is 389 g/mol. The van der Waals surface area contributed by atoms with Gasteiger partial charge in [-0.1, -0.05) is 42.5 Å². The molecule has 3 rings (SSSR count). The van der Waals surface area contributed by atoms with Gasteiger partial charge in [0.25, 0.3) is 0 Å². The van der Waals surface area contributed by atoms with E-state index in [-0.39, 0.29) is 0 Å². The standard InChI is InChI=1S/C24H31N5/c1-6-20(8-7-9-21-11-10-18(3)25-14-21)13-26-19(4)23-24-22(27-16-28-23)12-17(2)15-29(24)5/h6-8,14-16,25-26H,3-4,9-13H2,1-2,5H3/b8-7?,20-6+. The highest BCUT2D eigenvalue weighted by atomic mass is 15.1. The molecule has 5 nitrogen and oxygen atoms in total. The molecule has 0 unspecified atom stereocenters. The number of aromatic nitrogens is 2. The normalized spacial score (nSPS) is 16.9. The SMILES string of the molecule is C=C1CCC(CC=C/C(=C\C)CNC(=C)c2ncnc3c2N(C)C=C(C)C3)=CN1. The highest BCUT2D eigenvalue weighted by Gasteiger charge is 2.20. The maximum absolute atomic E-state index is 4.50. The predicted octanol–water partition coefficient (Wildman–Crippen LogP) is 4.61. The Labute approximate surface area is 174 Å². The Kier molecular flexibility index (Phi) is 6.70. The Balaban J connectivity index is 1.60. The summed E-state index contributed by atoms with van der Waals surface area (Å²) in [5.41, 5.74) is 8.76. The number of fused-ring (bicyclic) bond motifs is 1. The lowest BCUT2D eigenvalue weighted by Crippen LogP contribution is -2.23. The van der Waals surface area contributed by atoms with Crippen molar-refractivity contribution >= 4 is 11.4 Å². The lowest BCUT2D eigenvalue weighted by molar-refractivity contribution is 0.784. The van der Waals surface area contributed by atoms with E-state index in [1.54, 1.807) is 6.33 Å². The van der Waals surface area contributed by atoms with Crippen LogP contribution in [0, 0.1) is 0 Å². The predicted molar refractivity (Wildman–Crippen MR) is 122 cm³/mol. The first-order valence-electron chi connectivity index (χ1n) is 10.1. The molecule has 0 radical (unpaired) electrons. The van der Waals surface area contributed by atoms with Gasteiger partial charge in [-0.05, 0) is 38.7 Å². The maximum atomic E-state index is 4.50. The molecule has 2 N–H and O–H groups in total. The average Bonchev–Trinajstić information content (AvgIpc) is 2.71. The van der Waals surface area contributed by atoms with Crippen molar-refractivity contribution in [2.75, 3.05) is 18.5 Å². The van der Waals surface area contributed by atoms with Gasteiger partial charge in [0.15, 0.2) is 0 Å². The fourth-order valence-corrected chi connectivity index (χ4v) is 3.57. The molecule has 152 valence electrons. The van der Waals surface area contributed by atoms with E-state index in [1.165, 1.54) is 16.7 Å². The fourth-order valence-electron chi connectivity index (χ4n) is 3.57. The Hall–Kier alpha value is -3.08. The van der Waals surface area contributed by atoms with Gasteiger partial charge in [-0.2, -0.15) is 0 Å². The van der Waals surface area contributed by atoms with E-state index in [4.69, 9.17) is 0 Å². The lowest BCUT2D eigenvalue weighted by Gasteiger charge is -2.26. The van der Waals surface area contributed by atoms with Crippen molar-refractivity contribution < 1.29 is 0 Å². The van der Waals surface area contributed by atoms with Gasteiger partial charge in [0.2, 0.25) is 0 Å². The minimum Gasteiger partial charge on any atom is -0.380 e. The van der Waals surface area contributed by atoms with Crippen LogP contribution in [0.4, 0.5) is 5.69 Å². The summed E-state index contributed by atoms with van der Waals surface area (Å²) in [4.78, 5) is 11.1. The van der Waals surface area contributed by atoms with Gasteiger partial charge < -0.3 is 15.5 Å². The van der Waals surface area contributed by atoms with E-state index < -0.39 is 0 Å². The minimum absolute atomic E-state index is 0.706. The number of rotatable bonds is 7. The average molecular weight is 390 g/mol. The van der Waals surface area contributed by atoms with Crippen LogP contribution in [-0.4, -0.2) is 23.6 Å². The van der Waals surface area contributed by atoms with Gasteiger partial charge in [-0.3, -0.25) is 0 Å². The van der Waals surface area contributed by atoms with Crippen LogP contribution in [-0.2, 0) is 6.42 Å². The quantitative estimate of drug-likeness (QED) is 0.667. The van der Waals surface area contributed by atoms with E-state index in [0.717, 1.165) is 54.2 Å². The van der Waals surface area contributed by atoms with Gasteiger partial charge in [0.05, 0.1) is 17.1 Å². The van der Waals surface area contributed by atoms with Gasteiger partial charge in [-0.25, -0.2) is 9.97 Å². The molecule has 0 bridgehead atoms. The van der Waals surface area contributed by atoms with Gasteiger partial charge in [0.1, 0.15) is 12.0 Å². The summed E-state index contributed by atoms with van der Waals surface area (Å²) in [5.74, 6) is 0. The Morgan fingerprint density at radius 2 is 2.17 bits per heavy atom. The van der Waals surface area contributed by atoms with Crippen molar-refractivity contribution in [3.8, 4) is 0 Å². The Morgan fingerprint density at radius 3 is 2.90 bits per heavy atom. The Bertz CT molecular complexity index is 917. The zero-order chi connectivity index (χ0) is 20.8. The second kappa shape index (κ2) is 9.41. The first-order chi connectivity index (χ1) is 14.0. The van der Waals surface area contributed by atoms with Crippen molar-refractivity contribution in [2.45, 2.75) is 39.5 Å². The van der Waals surface area contributed by atoms with Crippen LogP contribution in [0.1, 0.15) is 44.5 Å². The van der Waals surface area contributed by atoms with Crippen LogP contribution >= 0.6 is 0 Å². The van der Waals surface area contributed by atoms with Crippen LogP contribution < -0.4 is 15.5 Å². The summed E-state index contributed by atoms with van der Waals surface area (Å²) < 4.78 is 0. The van der Waals surface area contributed by atoms with Crippen molar-refractivity contribution in [3.63, 3.8) is 0 Å². The van der Waals surface area contributed by atoms with Gasteiger partial charge in [-0.15, -0.1) is 0 Å². The number of hydrogen-bond donors (Lipinski definition) is 2. The zero-order valence-electron chi connectivity index (χ0n) is 17.8. The third kappa shape index (κ3) is 5.25. The molecule has 1 aromatic heterocycles. The van der Waals surface area contributed by atoms with Crippen molar-refractivity contribution in [1.82, 2.24) is 20.6 Å². The first-order valence-corrected chi connectivity index (χ1v) is 10.1. The molecule has 29 heavy (non-hydrogen) atoms. The summed E-state index contributed by atoms with van der Waals surface area (Å²) >= 11 is 0. The maximum Gasteiger partial charge on any atom is 0.116 e. The third-order valence-electron chi connectivity index (χ3n) is 5.21. The summed E-state index contributed by atoms with van der Waals surface area (Å²) in [7, 11) is 2.03. The van der Waals surface area contributed by atoms with Crippen LogP contribution in [0.15, 0.2) is 72.5 Å². The van der Waals surface area contributed by atoms with E-state index >= 15 is 0 Å². The molecule has 0 aliphatic carbocycles. The molecular formula is C24H31N5. The second-order valence-corrected chi connectivity index (χ2v) is 7.63. The highest BCUT2D eigenvalue weighted by molar-refractivity contribution is 5.75. The van der Waals surface area contributed by atoms with Crippen molar-refractivity contribution in [1.29, 1.82) is 0 Å². The van der Waals surface area contributed by atoms with Gasteiger partial charge >= 0.3 is 0 Å². The number of nitrogens with one attached hydrogen (secondary N) is 2. The number of allylic oxidation sites excluding steroid dienone is 5. The summed E-state index contributed by atoms with van der Waals surface area (Å²) in [5, 5.41) is 6.66. The smallest absolute Gasteiger partial charge is 0.116 e. The van der Waals surface area contributed by atoms with Crippen LogP contribution in [0.3, 0.4) is 0 Å². The molecule has 0 spiro atoms. The van der Waals surface area contributed by atoms with Crippen LogP contribution in [0.5, 0.6) is 0 Å². The van der Waals surface area contributed by atoms with Crippen LogP contribution in [0.2, 0.25) is 0 Å². The molecule has 3 heterocycles. The topological polar surface area (TPSA) is 53.1 Å². The van der Waals surface area contributed by atoms with Gasteiger partial charge in [0, 0.05) is 38.1 Å². The highest BCUT2D eigenvalue weighted by Crippen LogP contribution is 2.31. The molecular weight excluding hydrogens is 358 g/mol. The molecule has 2 aliphatic heterocycles. The number of nitrogens with zero attached hydrogens (tertiary/aromatic N) is 3. The molecule has 0 amide bonds. The first kappa shape index (κ1) is 20.6.